The Bertz CT molecular complexity index is 749. The Morgan fingerprint density at radius 2 is 2.23 bits per heavy atom. The number of benzene rings is 1. The van der Waals surface area contributed by atoms with Gasteiger partial charge in [0.15, 0.2) is 0 Å². The van der Waals surface area contributed by atoms with Gasteiger partial charge in [-0.2, -0.15) is 0 Å². The summed E-state index contributed by atoms with van der Waals surface area (Å²) in [6.07, 6.45) is 4.73. The summed E-state index contributed by atoms with van der Waals surface area (Å²) in [6, 6.07) is 8.77. The number of carboxylic acid groups (broad SMARTS) is 1. The number of hydrogen-bond donors (Lipinski definition) is 1. The van der Waals surface area contributed by atoms with Gasteiger partial charge in [0.1, 0.15) is 0 Å². The number of hydrogen-bond acceptors (Lipinski definition) is 3. The molecule has 0 spiro atoms. The van der Waals surface area contributed by atoms with Crippen molar-refractivity contribution in [3.63, 3.8) is 0 Å². The molecule has 0 amide bonds. The Kier molecular flexibility index (Phi) is 3.42. The topological polar surface area (TPSA) is 53.4 Å². The maximum atomic E-state index is 11.4. The molecule has 0 aliphatic carbocycles. The molecule has 1 aromatic heterocycles. The lowest BCUT2D eigenvalue weighted by Gasteiger charge is -2.23. The van der Waals surface area contributed by atoms with E-state index < -0.39 is 5.97 Å². The number of carboxylic acids is 1. The van der Waals surface area contributed by atoms with Crippen LogP contribution < -0.4 is 0 Å². The molecule has 22 heavy (non-hydrogen) atoms. The minimum atomic E-state index is -0.643. The molecular weight excluding hydrogens is 344 g/mol. The smallest absolute Gasteiger partial charge is 0.308 e. The first-order valence-electron chi connectivity index (χ1n) is 7.66. The lowest BCUT2D eigenvalue weighted by Crippen LogP contribution is -2.32. The van der Waals surface area contributed by atoms with E-state index in [2.05, 4.69) is 44.0 Å². The van der Waals surface area contributed by atoms with Crippen LogP contribution in [0.25, 0.3) is 10.9 Å². The van der Waals surface area contributed by atoms with Crippen molar-refractivity contribution >= 4 is 32.8 Å². The molecule has 2 bridgehead atoms. The minimum Gasteiger partial charge on any atom is -0.481 e. The molecule has 2 aromatic rings. The van der Waals surface area contributed by atoms with Crippen LogP contribution in [-0.4, -0.2) is 33.0 Å². The molecule has 2 aliphatic heterocycles. The van der Waals surface area contributed by atoms with Crippen LogP contribution in [0.1, 0.15) is 24.8 Å². The van der Waals surface area contributed by atoms with Crippen molar-refractivity contribution in [1.82, 2.24) is 9.88 Å². The van der Waals surface area contributed by atoms with E-state index in [0.717, 1.165) is 41.2 Å². The van der Waals surface area contributed by atoms with Crippen molar-refractivity contribution in [1.29, 1.82) is 0 Å². The Balaban J connectivity index is 1.68. The van der Waals surface area contributed by atoms with Gasteiger partial charge in [-0.1, -0.05) is 28.1 Å². The van der Waals surface area contributed by atoms with E-state index in [-0.39, 0.29) is 12.0 Å². The second kappa shape index (κ2) is 5.32. The van der Waals surface area contributed by atoms with Crippen LogP contribution in [0.5, 0.6) is 0 Å². The van der Waals surface area contributed by atoms with Gasteiger partial charge in [0.05, 0.1) is 11.4 Å². The van der Waals surface area contributed by atoms with Gasteiger partial charge >= 0.3 is 5.97 Å². The van der Waals surface area contributed by atoms with E-state index in [1.54, 1.807) is 0 Å². The third kappa shape index (κ3) is 2.15. The number of rotatable bonds is 3. The average molecular weight is 361 g/mol. The molecule has 1 N–H and O–H groups in total. The van der Waals surface area contributed by atoms with Crippen LogP contribution in [0.4, 0.5) is 0 Å². The Hall–Kier alpha value is -1.46. The summed E-state index contributed by atoms with van der Waals surface area (Å²) in [5.74, 6) is -0.843. The van der Waals surface area contributed by atoms with Crippen LogP contribution >= 0.6 is 15.9 Å². The van der Waals surface area contributed by atoms with Gasteiger partial charge in [-0.3, -0.25) is 14.7 Å². The fourth-order valence-corrected chi connectivity index (χ4v) is 4.59. The van der Waals surface area contributed by atoms with Crippen LogP contribution in [0.3, 0.4) is 0 Å². The highest BCUT2D eigenvalue weighted by Gasteiger charge is 2.49. The van der Waals surface area contributed by atoms with Gasteiger partial charge in [0.2, 0.25) is 0 Å². The van der Waals surface area contributed by atoms with E-state index in [9.17, 15) is 9.90 Å². The standard InChI is InChI=1S/C17H17BrN2O2/c18-14-5-3-10(16-12(14)2-1-7-19-16)9-20-11-4-6-15(20)13(8-11)17(21)22/h1-3,5,7,11,13,15H,4,6,8-9H2,(H,21,22). The lowest BCUT2D eigenvalue weighted by molar-refractivity contribution is -0.142. The van der Waals surface area contributed by atoms with Gasteiger partial charge in [-0.25, -0.2) is 0 Å². The Morgan fingerprint density at radius 3 is 3.00 bits per heavy atom. The normalized spacial score (nSPS) is 27.6. The summed E-state index contributed by atoms with van der Waals surface area (Å²) in [5, 5.41) is 10.5. The van der Waals surface area contributed by atoms with Crippen molar-refractivity contribution in [2.45, 2.75) is 37.9 Å². The van der Waals surface area contributed by atoms with Gasteiger partial charge in [0.25, 0.3) is 0 Å². The van der Waals surface area contributed by atoms with E-state index in [1.165, 1.54) is 5.56 Å². The van der Waals surface area contributed by atoms with Crippen LogP contribution in [0, 0.1) is 5.92 Å². The molecule has 2 saturated heterocycles. The van der Waals surface area contributed by atoms with E-state index in [0.29, 0.717) is 6.04 Å². The second-order valence-electron chi connectivity index (χ2n) is 6.26. The number of pyridine rings is 1. The number of halogens is 1. The molecule has 114 valence electrons. The molecule has 0 saturated carbocycles. The first kappa shape index (κ1) is 14.2. The average Bonchev–Trinajstić information content (AvgIpc) is 3.07. The molecule has 4 nitrogen and oxygen atoms in total. The van der Waals surface area contributed by atoms with Crippen molar-refractivity contribution in [2.75, 3.05) is 0 Å². The summed E-state index contributed by atoms with van der Waals surface area (Å²) >= 11 is 3.58. The number of aliphatic carboxylic acids is 1. The van der Waals surface area contributed by atoms with Crippen LogP contribution in [-0.2, 0) is 11.3 Å². The van der Waals surface area contributed by atoms with Crippen molar-refractivity contribution in [3.8, 4) is 0 Å². The summed E-state index contributed by atoms with van der Waals surface area (Å²) in [5.41, 5.74) is 2.19. The summed E-state index contributed by atoms with van der Waals surface area (Å²) in [4.78, 5) is 18.3. The molecule has 4 rings (SSSR count). The minimum absolute atomic E-state index is 0.185. The quantitative estimate of drug-likeness (QED) is 0.910. The zero-order chi connectivity index (χ0) is 15.3. The van der Waals surface area contributed by atoms with Crippen LogP contribution in [0.2, 0.25) is 0 Å². The predicted molar refractivity (Wildman–Crippen MR) is 87.5 cm³/mol. The maximum absolute atomic E-state index is 11.4. The summed E-state index contributed by atoms with van der Waals surface area (Å²) in [6.45, 7) is 0.792. The van der Waals surface area contributed by atoms with Gasteiger partial charge in [-0.05, 0) is 37.0 Å². The highest BCUT2D eigenvalue weighted by molar-refractivity contribution is 9.10. The SMILES string of the molecule is O=C(O)C1CC2CCC1N2Cc1ccc(Br)c2cccnc12. The summed E-state index contributed by atoms with van der Waals surface area (Å²) in [7, 11) is 0. The molecule has 0 radical (unpaired) electrons. The largest absolute Gasteiger partial charge is 0.481 e. The molecule has 1 aromatic carbocycles. The molecule has 3 heterocycles. The first-order chi connectivity index (χ1) is 10.6. The lowest BCUT2D eigenvalue weighted by atomic mass is 9.89. The Labute approximate surface area is 137 Å². The zero-order valence-corrected chi connectivity index (χ0v) is 13.7. The van der Waals surface area contributed by atoms with Crippen LogP contribution in [0.15, 0.2) is 34.9 Å². The van der Waals surface area contributed by atoms with Crippen molar-refractivity contribution in [3.05, 3.63) is 40.5 Å². The fraction of sp³-hybridized carbons (Fsp3) is 0.412. The van der Waals surface area contributed by atoms with E-state index >= 15 is 0 Å². The summed E-state index contributed by atoms with van der Waals surface area (Å²) < 4.78 is 1.05. The van der Waals surface area contributed by atoms with Gasteiger partial charge in [-0.15, -0.1) is 0 Å². The predicted octanol–water partition coefficient (Wildman–Crippen LogP) is 3.43. The zero-order valence-electron chi connectivity index (χ0n) is 12.1. The molecule has 2 fully saturated rings. The monoisotopic (exact) mass is 360 g/mol. The molecule has 2 aliphatic rings. The Morgan fingerprint density at radius 1 is 1.36 bits per heavy atom. The van der Waals surface area contributed by atoms with E-state index in [4.69, 9.17) is 0 Å². The number of nitrogens with zero attached hydrogens (tertiary/aromatic N) is 2. The van der Waals surface area contributed by atoms with Crippen molar-refractivity contribution < 1.29 is 9.90 Å². The van der Waals surface area contributed by atoms with E-state index in [1.807, 2.05) is 12.3 Å². The molecule has 3 unspecified atom stereocenters. The number of carbonyl (C=O) groups is 1. The molecule has 5 heteroatoms. The second-order valence-corrected chi connectivity index (χ2v) is 7.11. The van der Waals surface area contributed by atoms with Gasteiger partial charge in [0, 0.05) is 34.7 Å². The maximum Gasteiger partial charge on any atom is 0.308 e. The van der Waals surface area contributed by atoms with Crippen molar-refractivity contribution in [2.24, 2.45) is 5.92 Å². The highest BCUT2D eigenvalue weighted by atomic mass is 79.9. The molecular formula is C17H17BrN2O2. The first-order valence-corrected chi connectivity index (χ1v) is 8.45. The third-order valence-electron chi connectivity index (χ3n) is 5.15. The number of fused-ring (bicyclic) bond motifs is 3. The number of aromatic nitrogens is 1. The highest BCUT2D eigenvalue weighted by Crippen LogP contribution is 2.43. The third-order valence-corrected chi connectivity index (χ3v) is 5.84. The van der Waals surface area contributed by atoms with Gasteiger partial charge < -0.3 is 5.11 Å². The molecule has 3 atom stereocenters. The fourth-order valence-electron chi connectivity index (χ4n) is 4.13.